The molecule has 0 aromatic heterocycles. The van der Waals surface area contributed by atoms with Gasteiger partial charge in [-0.1, -0.05) is 81.4 Å². The van der Waals surface area contributed by atoms with Crippen molar-refractivity contribution in [3.63, 3.8) is 0 Å². The van der Waals surface area contributed by atoms with E-state index in [1.165, 1.54) is 17.5 Å². The van der Waals surface area contributed by atoms with Crippen molar-refractivity contribution in [2.24, 2.45) is 17.3 Å². The molecule has 3 unspecified atom stereocenters. The Morgan fingerprint density at radius 3 is 1.94 bits per heavy atom. The Kier molecular flexibility index (Phi) is 9.02. The highest BCUT2D eigenvalue weighted by Gasteiger charge is 2.56. The Bertz CT molecular complexity index is 1010. The van der Waals surface area contributed by atoms with Crippen molar-refractivity contribution in [1.82, 2.24) is 4.90 Å². The van der Waals surface area contributed by atoms with E-state index in [0.717, 1.165) is 5.57 Å². The van der Waals surface area contributed by atoms with Crippen LogP contribution in [0.5, 0.6) is 0 Å². The van der Waals surface area contributed by atoms with Gasteiger partial charge in [0.05, 0.1) is 18.4 Å². The number of esters is 1. The molecule has 1 heterocycles. The second-order valence-electron chi connectivity index (χ2n) is 10.0. The molecule has 0 saturated carbocycles. The zero-order chi connectivity index (χ0) is 25.8. The lowest BCUT2D eigenvalue weighted by Gasteiger charge is -2.52. The normalized spacial score (nSPS) is 18.7. The average molecular weight is 511 g/mol. The molecule has 1 aliphatic rings. The average Bonchev–Trinajstić information content (AvgIpc) is 2.84. The van der Waals surface area contributed by atoms with Gasteiger partial charge in [0.2, 0.25) is 5.91 Å². The van der Waals surface area contributed by atoms with Crippen LogP contribution in [0.1, 0.15) is 34.6 Å². The molecule has 35 heavy (non-hydrogen) atoms. The van der Waals surface area contributed by atoms with Crippen molar-refractivity contribution in [2.75, 3.05) is 20.0 Å². The van der Waals surface area contributed by atoms with E-state index in [1.54, 1.807) is 16.7 Å². The van der Waals surface area contributed by atoms with Gasteiger partial charge in [0, 0.05) is 12.5 Å². The van der Waals surface area contributed by atoms with E-state index >= 15 is 0 Å². The Morgan fingerprint density at radius 2 is 1.54 bits per heavy atom. The van der Waals surface area contributed by atoms with Crippen LogP contribution >= 0.6 is 11.8 Å². The number of carbonyl (C=O) groups excluding carboxylic acids is 2. The first-order valence-corrected chi connectivity index (χ1v) is 14.5. The maximum atomic E-state index is 13.6. The number of thioether (sulfide) groups is 1. The molecule has 3 atom stereocenters. The molecule has 5 nitrogen and oxygen atoms in total. The number of methoxy groups -OCH3 is 1. The van der Waals surface area contributed by atoms with Crippen LogP contribution in [0.25, 0.3) is 0 Å². The van der Waals surface area contributed by atoms with Gasteiger partial charge in [-0.25, -0.2) is 4.79 Å². The van der Waals surface area contributed by atoms with Crippen molar-refractivity contribution in [2.45, 2.75) is 40.0 Å². The van der Waals surface area contributed by atoms with Gasteiger partial charge >= 0.3 is 5.97 Å². The van der Waals surface area contributed by atoms with E-state index in [-0.39, 0.29) is 28.5 Å². The summed E-state index contributed by atoms with van der Waals surface area (Å²) in [5.41, 5.74) is 0.946. The van der Waals surface area contributed by atoms with Crippen molar-refractivity contribution in [3.8, 4) is 0 Å². The Morgan fingerprint density at radius 1 is 1.03 bits per heavy atom. The van der Waals surface area contributed by atoms with Gasteiger partial charge < -0.3 is 9.16 Å². The van der Waals surface area contributed by atoms with Gasteiger partial charge in [0.1, 0.15) is 5.70 Å². The SMILES string of the molecule is COC(=O)C(=C(C)C)N1C(=O)C(C(CO[Si](c2ccccc2)c2ccccc2)C(C)(C)C)C1SC. The molecule has 0 N–H and O–H groups in total. The summed E-state index contributed by atoms with van der Waals surface area (Å²) in [7, 11) is -0.137. The van der Waals surface area contributed by atoms with E-state index in [2.05, 4.69) is 45.0 Å². The largest absolute Gasteiger partial charge is 0.464 e. The molecule has 2 aromatic rings. The van der Waals surface area contributed by atoms with Crippen molar-refractivity contribution in [3.05, 3.63) is 71.9 Å². The van der Waals surface area contributed by atoms with Gasteiger partial charge in [-0.15, -0.1) is 11.8 Å². The quantitative estimate of drug-likeness (QED) is 0.220. The van der Waals surface area contributed by atoms with Gasteiger partial charge in [-0.05, 0) is 41.5 Å². The Labute approximate surface area is 215 Å². The number of amides is 1. The van der Waals surface area contributed by atoms with Gasteiger partial charge in [0.15, 0.2) is 0 Å². The fraction of sp³-hybridized carbons (Fsp3) is 0.429. The fourth-order valence-corrected chi connectivity index (χ4v) is 7.59. The minimum Gasteiger partial charge on any atom is -0.464 e. The summed E-state index contributed by atoms with van der Waals surface area (Å²) in [4.78, 5) is 27.7. The molecular formula is C28H36NO4SSi. The summed E-state index contributed by atoms with van der Waals surface area (Å²) in [6.45, 7) is 10.6. The summed E-state index contributed by atoms with van der Waals surface area (Å²) in [5, 5.41) is 2.21. The molecule has 0 aliphatic carbocycles. The lowest BCUT2D eigenvalue weighted by molar-refractivity contribution is -0.159. The summed E-state index contributed by atoms with van der Waals surface area (Å²) in [6, 6.07) is 20.7. The van der Waals surface area contributed by atoms with Gasteiger partial charge in [0.25, 0.3) is 9.04 Å². The molecule has 0 bridgehead atoms. The molecule has 2 aromatic carbocycles. The molecule has 1 fully saturated rings. The van der Waals surface area contributed by atoms with Gasteiger partial charge in [-0.3, -0.25) is 9.69 Å². The molecule has 0 spiro atoms. The maximum absolute atomic E-state index is 13.6. The lowest BCUT2D eigenvalue weighted by atomic mass is 9.70. The number of hydrogen-bond acceptors (Lipinski definition) is 5. The Balaban J connectivity index is 1.90. The monoisotopic (exact) mass is 510 g/mol. The van der Waals surface area contributed by atoms with Crippen LogP contribution < -0.4 is 10.4 Å². The summed E-state index contributed by atoms with van der Waals surface area (Å²) in [6.07, 6.45) is 1.99. The predicted molar refractivity (Wildman–Crippen MR) is 145 cm³/mol. The summed E-state index contributed by atoms with van der Waals surface area (Å²) >= 11 is 1.59. The van der Waals surface area contributed by atoms with E-state index in [0.29, 0.717) is 12.3 Å². The second-order valence-corrected chi connectivity index (χ2v) is 13.1. The first-order chi connectivity index (χ1) is 16.6. The topological polar surface area (TPSA) is 55.8 Å². The number of β-lactam (4-membered cyclic amide) rings is 1. The minimum absolute atomic E-state index is 0.0211. The highest BCUT2D eigenvalue weighted by molar-refractivity contribution is 7.99. The molecule has 7 heteroatoms. The van der Waals surface area contributed by atoms with Crippen molar-refractivity contribution >= 4 is 43.1 Å². The van der Waals surface area contributed by atoms with Gasteiger partial charge in [-0.2, -0.15) is 0 Å². The number of hydrogen-bond donors (Lipinski definition) is 0. The van der Waals surface area contributed by atoms with E-state index in [1.807, 2.05) is 56.5 Å². The third-order valence-electron chi connectivity index (χ3n) is 6.44. The van der Waals surface area contributed by atoms with Crippen LogP contribution in [0, 0.1) is 17.3 Å². The van der Waals surface area contributed by atoms with Crippen LogP contribution in [0.2, 0.25) is 0 Å². The number of benzene rings is 2. The maximum Gasteiger partial charge on any atom is 0.354 e. The van der Waals surface area contributed by atoms with Crippen LogP contribution in [-0.2, 0) is 18.8 Å². The molecule has 1 aliphatic heterocycles. The molecule has 1 amide bonds. The zero-order valence-electron chi connectivity index (χ0n) is 21.7. The van der Waals surface area contributed by atoms with Crippen LogP contribution in [0.15, 0.2) is 71.9 Å². The fourth-order valence-electron chi connectivity index (χ4n) is 4.56. The first-order valence-electron chi connectivity index (χ1n) is 11.8. The van der Waals surface area contributed by atoms with E-state index in [4.69, 9.17) is 9.16 Å². The predicted octanol–water partition coefficient (Wildman–Crippen LogP) is 4.09. The summed E-state index contributed by atoms with van der Waals surface area (Å²) in [5.74, 6) is -0.785. The number of nitrogens with zero attached hydrogens (tertiary/aromatic N) is 1. The smallest absolute Gasteiger partial charge is 0.354 e. The lowest BCUT2D eigenvalue weighted by Crippen LogP contribution is -2.64. The van der Waals surface area contributed by atoms with Crippen LogP contribution in [0.3, 0.4) is 0 Å². The Hall–Kier alpha value is -2.35. The molecular weight excluding hydrogens is 474 g/mol. The minimum atomic E-state index is -1.49. The third kappa shape index (κ3) is 5.90. The summed E-state index contributed by atoms with van der Waals surface area (Å²) < 4.78 is 11.7. The molecule has 1 saturated heterocycles. The second kappa shape index (κ2) is 11.6. The number of allylic oxidation sites excluding steroid dienone is 1. The van der Waals surface area contributed by atoms with E-state index < -0.39 is 15.0 Å². The molecule has 3 rings (SSSR count). The first kappa shape index (κ1) is 27.2. The molecule has 187 valence electrons. The number of ether oxygens (including phenoxy) is 1. The zero-order valence-corrected chi connectivity index (χ0v) is 23.5. The highest BCUT2D eigenvalue weighted by Crippen LogP contribution is 2.47. The van der Waals surface area contributed by atoms with Crippen molar-refractivity contribution in [1.29, 1.82) is 0 Å². The standard InChI is InChI=1S/C28H36NO4SSi/c1-19(2)24(27(31)32-6)29-25(30)23(26(29)34-7)22(28(3,4)5)18-33-35(20-14-10-8-11-15-20)21-16-12-9-13-17-21/h8-17,22-23,26H,18H2,1-7H3. The highest BCUT2D eigenvalue weighted by atomic mass is 32.2. The van der Waals surface area contributed by atoms with Crippen LogP contribution in [-0.4, -0.2) is 51.2 Å². The molecule has 1 radical (unpaired) electrons. The third-order valence-corrected chi connectivity index (χ3v) is 9.60. The number of likely N-dealkylation sites (tertiary alicyclic amines) is 1. The number of rotatable bonds is 9. The van der Waals surface area contributed by atoms with Crippen LogP contribution in [0.4, 0.5) is 0 Å². The van der Waals surface area contributed by atoms with E-state index in [9.17, 15) is 9.59 Å². The van der Waals surface area contributed by atoms with Crippen molar-refractivity contribution < 1.29 is 18.8 Å². The number of carbonyl (C=O) groups is 2.